The number of hydrogen-bond donors (Lipinski definition) is 0. The molecule has 0 aromatic carbocycles. The van der Waals surface area contributed by atoms with Crippen molar-refractivity contribution < 1.29 is 4.79 Å². The maximum Gasteiger partial charge on any atom is 0.120 e. The van der Waals surface area contributed by atoms with Gasteiger partial charge in [0.15, 0.2) is 0 Å². The van der Waals surface area contributed by atoms with Gasteiger partial charge in [0.1, 0.15) is 6.29 Å². The molecule has 0 rings (SSSR count). The molecule has 0 amide bonds. The Bertz CT molecular complexity index is 226. The van der Waals surface area contributed by atoms with Crippen molar-refractivity contribution in [1.29, 1.82) is 0 Å². The van der Waals surface area contributed by atoms with E-state index in [2.05, 4.69) is 32.9 Å². The summed E-state index contributed by atoms with van der Waals surface area (Å²) in [4.78, 5) is 10.4. The van der Waals surface area contributed by atoms with Crippen LogP contribution in [0.15, 0.2) is 23.8 Å². The molecule has 0 aliphatic heterocycles. The Labute approximate surface area is 91.8 Å². The monoisotopic (exact) mass is 214 g/mol. The van der Waals surface area contributed by atoms with Gasteiger partial charge in [-0.25, -0.2) is 0 Å². The Hall–Kier alpha value is -0.560. The minimum Gasteiger partial charge on any atom is -0.303 e. The van der Waals surface area contributed by atoms with Crippen LogP contribution in [0.1, 0.15) is 33.6 Å². The predicted octanol–water partition coefficient (Wildman–Crippen LogP) is 3.73. The predicted molar refractivity (Wildman–Crippen MR) is 62.7 cm³/mol. The maximum absolute atomic E-state index is 10.4. The van der Waals surface area contributed by atoms with Crippen molar-refractivity contribution in [3.05, 3.63) is 23.8 Å². The molecule has 2 heteroatoms. The molecule has 0 aliphatic rings. The van der Waals surface area contributed by atoms with Crippen molar-refractivity contribution in [1.82, 2.24) is 0 Å². The van der Waals surface area contributed by atoms with E-state index in [4.69, 9.17) is 11.6 Å². The van der Waals surface area contributed by atoms with Crippen LogP contribution in [0.4, 0.5) is 0 Å². The molecule has 80 valence electrons. The van der Waals surface area contributed by atoms with Gasteiger partial charge in [-0.2, -0.15) is 0 Å². The molecule has 0 radical (unpaired) electrons. The lowest BCUT2D eigenvalue weighted by atomic mass is 9.89. The second-order valence-electron chi connectivity index (χ2n) is 4.17. The van der Waals surface area contributed by atoms with E-state index in [1.165, 1.54) is 5.57 Å². The minimum atomic E-state index is -0.0248. The van der Waals surface area contributed by atoms with Crippen LogP contribution in [-0.2, 0) is 4.79 Å². The van der Waals surface area contributed by atoms with Crippen molar-refractivity contribution in [3.63, 3.8) is 0 Å². The topological polar surface area (TPSA) is 17.1 Å². The molecule has 0 aromatic heterocycles. The van der Waals surface area contributed by atoms with E-state index in [9.17, 15) is 4.79 Å². The summed E-state index contributed by atoms with van der Waals surface area (Å²) in [6, 6.07) is 0. The SMILES string of the molecule is CC(=CCCl)CC=CC(C)(C)CC=O. The zero-order valence-electron chi connectivity index (χ0n) is 9.22. The average molecular weight is 215 g/mol. The zero-order chi connectivity index (χ0) is 11.0. The van der Waals surface area contributed by atoms with Gasteiger partial charge in [0.25, 0.3) is 0 Å². The Morgan fingerprint density at radius 1 is 1.43 bits per heavy atom. The van der Waals surface area contributed by atoms with Crippen molar-refractivity contribution >= 4 is 17.9 Å². The Morgan fingerprint density at radius 2 is 2.07 bits per heavy atom. The van der Waals surface area contributed by atoms with Crippen LogP contribution >= 0.6 is 11.6 Å². The summed E-state index contributed by atoms with van der Waals surface area (Å²) in [7, 11) is 0. The molecular weight excluding hydrogens is 196 g/mol. The van der Waals surface area contributed by atoms with Crippen LogP contribution in [0.25, 0.3) is 0 Å². The van der Waals surface area contributed by atoms with Gasteiger partial charge in [0.05, 0.1) is 0 Å². The maximum atomic E-state index is 10.4. The first-order valence-corrected chi connectivity index (χ1v) is 5.38. The number of carbonyl (C=O) groups excluding carboxylic acids is 1. The summed E-state index contributed by atoms with van der Waals surface area (Å²) in [5.41, 5.74) is 1.24. The first-order valence-electron chi connectivity index (χ1n) is 4.85. The third-order valence-electron chi connectivity index (χ3n) is 2.04. The Morgan fingerprint density at radius 3 is 2.57 bits per heavy atom. The highest BCUT2D eigenvalue weighted by Gasteiger charge is 2.11. The van der Waals surface area contributed by atoms with E-state index >= 15 is 0 Å². The fraction of sp³-hybridized carbons (Fsp3) is 0.583. The summed E-state index contributed by atoms with van der Waals surface area (Å²) >= 11 is 5.57. The highest BCUT2D eigenvalue weighted by molar-refractivity contribution is 6.18. The highest BCUT2D eigenvalue weighted by atomic mass is 35.5. The summed E-state index contributed by atoms with van der Waals surface area (Å²) in [6.07, 6.45) is 8.63. The van der Waals surface area contributed by atoms with Gasteiger partial charge in [-0.05, 0) is 18.8 Å². The number of aldehydes is 1. The van der Waals surface area contributed by atoms with E-state index in [-0.39, 0.29) is 5.41 Å². The molecule has 0 atom stereocenters. The van der Waals surface area contributed by atoms with Crippen molar-refractivity contribution in [2.75, 3.05) is 5.88 Å². The third kappa shape index (κ3) is 6.90. The van der Waals surface area contributed by atoms with Gasteiger partial charge in [0.2, 0.25) is 0 Å². The van der Waals surface area contributed by atoms with Crippen LogP contribution in [0.3, 0.4) is 0 Å². The molecular formula is C12H19ClO. The zero-order valence-corrected chi connectivity index (χ0v) is 9.97. The van der Waals surface area contributed by atoms with E-state index < -0.39 is 0 Å². The average Bonchev–Trinajstić information content (AvgIpc) is 2.03. The van der Waals surface area contributed by atoms with E-state index in [0.29, 0.717) is 12.3 Å². The van der Waals surface area contributed by atoms with Crippen LogP contribution in [0.5, 0.6) is 0 Å². The lowest BCUT2D eigenvalue weighted by Gasteiger charge is -2.15. The van der Waals surface area contributed by atoms with Crippen molar-refractivity contribution in [2.24, 2.45) is 5.41 Å². The summed E-state index contributed by atoms with van der Waals surface area (Å²) in [5, 5.41) is 0. The molecule has 0 bridgehead atoms. The number of rotatable bonds is 6. The molecule has 0 spiro atoms. The van der Waals surface area contributed by atoms with E-state index in [1.54, 1.807) is 0 Å². The molecule has 1 nitrogen and oxygen atoms in total. The fourth-order valence-corrected chi connectivity index (χ4v) is 1.33. The van der Waals surface area contributed by atoms with E-state index in [1.807, 2.05) is 6.08 Å². The second kappa shape index (κ2) is 6.83. The minimum absolute atomic E-state index is 0.0248. The number of alkyl halides is 1. The molecule has 0 aromatic rings. The molecule has 0 heterocycles. The molecule has 0 fully saturated rings. The van der Waals surface area contributed by atoms with Crippen LogP contribution < -0.4 is 0 Å². The largest absolute Gasteiger partial charge is 0.303 e. The highest BCUT2D eigenvalue weighted by Crippen LogP contribution is 2.21. The summed E-state index contributed by atoms with van der Waals surface area (Å²) in [6.45, 7) is 6.16. The quantitative estimate of drug-likeness (QED) is 0.374. The van der Waals surface area contributed by atoms with Gasteiger partial charge in [-0.3, -0.25) is 0 Å². The Kier molecular flexibility index (Phi) is 6.56. The van der Waals surface area contributed by atoms with Gasteiger partial charge in [-0.15, -0.1) is 11.6 Å². The van der Waals surface area contributed by atoms with E-state index in [0.717, 1.165) is 12.7 Å². The number of halogens is 1. The van der Waals surface area contributed by atoms with Gasteiger partial charge in [0, 0.05) is 12.3 Å². The third-order valence-corrected chi connectivity index (χ3v) is 2.20. The summed E-state index contributed by atoms with van der Waals surface area (Å²) < 4.78 is 0. The molecule has 0 aliphatic carbocycles. The van der Waals surface area contributed by atoms with Crippen LogP contribution in [0.2, 0.25) is 0 Å². The number of carbonyl (C=O) groups is 1. The number of allylic oxidation sites excluding steroid dienone is 4. The smallest absolute Gasteiger partial charge is 0.120 e. The lowest BCUT2D eigenvalue weighted by Crippen LogP contribution is -2.07. The van der Waals surface area contributed by atoms with Crippen molar-refractivity contribution in [3.8, 4) is 0 Å². The normalized spacial score (nSPS) is 13.6. The number of hydrogen-bond acceptors (Lipinski definition) is 1. The lowest BCUT2D eigenvalue weighted by molar-refractivity contribution is -0.109. The molecule has 0 unspecified atom stereocenters. The molecule has 0 saturated heterocycles. The first-order chi connectivity index (χ1) is 6.52. The van der Waals surface area contributed by atoms with Gasteiger partial charge < -0.3 is 4.79 Å². The van der Waals surface area contributed by atoms with Crippen LogP contribution in [0, 0.1) is 5.41 Å². The summed E-state index contributed by atoms with van der Waals surface area (Å²) in [5.74, 6) is 0.567. The second-order valence-corrected chi connectivity index (χ2v) is 4.48. The molecule has 14 heavy (non-hydrogen) atoms. The Balaban J connectivity index is 4.04. The van der Waals surface area contributed by atoms with Crippen LogP contribution in [-0.4, -0.2) is 12.2 Å². The fourth-order valence-electron chi connectivity index (χ4n) is 1.06. The van der Waals surface area contributed by atoms with Crippen molar-refractivity contribution in [2.45, 2.75) is 33.6 Å². The van der Waals surface area contributed by atoms with Gasteiger partial charge in [-0.1, -0.05) is 37.6 Å². The standard InChI is InChI=1S/C12H19ClO/c1-11(6-9-13)5-4-7-12(2,3)8-10-14/h4,6-7,10H,5,8-9H2,1-3H3. The first kappa shape index (κ1) is 13.4. The molecule has 0 N–H and O–H groups in total. The van der Waals surface area contributed by atoms with Gasteiger partial charge >= 0.3 is 0 Å². The molecule has 0 saturated carbocycles.